The maximum Gasteiger partial charge on any atom is 0.409 e. The van der Waals surface area contributed by atoms with Crippen LogP contribution in [0.5, 0.6) is 0 Å². The highest BCUT2D eigenvalue weighted by Gasteiger charge is 2.39. The van der Waals surface area contributed by atoms with Crippen molar-refractivity contribution in [1.82, 2.24) is 4.90 Å². The van der Waals surface area contributed by atoms with E-state index in [9.17, 15) is 9.59 Å². The van der Waals surface area contributed by atoms with Gasteiger partial charge in [0.05, 0.1) is 13.0 Å². The zero-order chi connectivity index (χ0) is 19.0. The molecule has 1 saturated heterocycles. The maximum atomic E-state index is 12.6. The van der Waals surface area contributed by atoms with Gasteiger partial charge in [0.1, 0.15) is 6.61 Å². The Labute approximate surface area is 158 Å². The van der Waals surface area contributed by atoms with E-state index in [1.165, 1.54) is 29.4 Å². The number of fused-ring (bicyclic) bond motifs is 3. The number of carbonyl (C=O) groups is 2. The lowest BCUT2D eigenvalue weighted by Crippen LogP contribution is -2.31. The van der Waals surface area contributed by atoms with E-state index in [1.807, 2.05) is 31.2 Å². The second-order valence-electron chi connectivity index (χ2n) is 7.32. The highest BCUT2D eigenvalue weighted by molar-refractivity contribution is 5.79. The third kappa shape index (κ3) is 3.07. The number of hydrogen-bond donors (Lipinski definition) is 0. The third-order valence-electron chi connectivity index (χ3n) is 5.71. The lowest BCUT2D eigenvalue weighted by Gasteiger charge is -2.19. The highest BCUT2D eigenvalue weighted by atomic mass is 16.6. The number of carbonyl (C=O) groups excluding carboxylic acids is 2. The molecule has 2 aromatic rings. The third-order valence-corrected chi connectivity index (χ3v) is 5.71. The summed E-state index contributed by atoms with van der Waals surface area (Å²) in [5, 5.41) is 0. The number of esters is 1. The van der Waals surface area contributed by atoms with Gasteiger partial charge in [-0.25, -0.2) is 4.79 Å². The molecule has 0 bridgehead atoms. The molecule has 5 nitrogen and oxygen atoms in total. The highest BCUT2D eigenvalue weighted by Crippen LogP contribution is 2.44. The number of methoxy groups -OCH3 is 1. The first kappa shape index (κ1) is 17.6. The van der Waals surface area contributed by atoms with Crippen LogP contribution in [0.3, 0.4) is 0 Å². The number of likely N-dealkylation sites (tertiary alicyclic amines) is 1. The minimum atomic E-state index is -0.366. The summed E-state index contributed by atoms with van der Waals surface area (Å²) < 4.78 is 10.5. The van der Waals surface area contributed by atoms with Crippen molar-refractivity contribution < 1.29 is 19.1 Å². The Hall–Kier alpha value is -2.82. The van der Waals surface area contributed by atoms with Gasteiger partial charge in [0.2, 0.25) is 0 Å². The van der Waals surface area contributed by atoms with E-state index in [-0.39, 0.29) is 29.8 Å². The number of hydrogen-bond acceptors (Lipinski definition) is 4. The molecule has 1 fully saturated rings. The number of amides is 1. The van der Waals surface area contributed by atoms with Gasteiger partial charge in [0.15, 0.2) is 0 Å². The number of rotatable bonds is 3. The van der Waals surface area contributed by atoms with Gasteiger partial charge in [0, 0.05) is 19.0 Å². The molecule has 0 aromatic heterocycles. The molecule has 0 spiro atoms. The quantitative estimate of drug-likeness (QED) is 0.779. The molecule has 2 unspecified atom stereocenters. The monoisotopic (exact) mass is 365 g/mol. The average Bonchev–Trinajstić information content (AvgIpc) is 3.24. The smallest absolute Gasteiger partial charge is 0.409 e. The molecule has 140 valence electrons. The molecule has 1 aliphatic heterocycles. The Balaban J connectivity index is 1.46. The standard InChI is InChI=1S/C22H23NO4/c1-14-11-23(12-19(14)21(24)26-2)22(25)27-13-20-17-9-5-3-7-15(17)16-8-4-6-10-18(16)20/h3-10,14,19-20H,11-13H2,1-2H3. The molecule has 5 heteroatoms. The lowest BCUT2D eigenvalue weighted by molar-refractivity contribution is -0.146. The van der Waals surface area contributed by atoms with Crippen LogP contribution < -0.4 is 0 Å². The predicted molar refractivity (Wildman–Crippen MR) is 101 cm³/mol. The van der Waals surface area contributed by atoms with E-state index in [1.54, 1.807) is 4.90 Å². The van der Waals surface area contributed by atoms with Gasteiger partial charge < -0.3 is 14.4 Å². The molecule has 0 radical (unpaired) electrons. The van der Waals surface area contributed by atoms with Crippen molar-refractivity contribution in [1.29, 1.82) is 0 Å². The zero-order valence-corrected chi connectivity index (χ0v) is 15.6. The van der Waals surface area contributed by atoms with Crippen LogP contribution in [0.1, 0.15) is 24.0 Å². The van der Waals surface area contributed by atoms with E-state index < -0.39 is 0 Å². The minimum Gasteiger partial charge on any atom is -0.469 e. The summed E-state index contributed by atoms with van der Waals surface area (Å²) in [5.41, 5.74) is 4.78. The molecule has 2 aromatic carbocycles. The SMILES string of the molecule is COC(=O)C1CN(C(=O)OCC2c3ccccc3-c3ccccc32)CC1C. The Morgan fingerprint density at radius 3 is 2.19 bits per heavy atom. The van der Waals surface area contributed by atoms with Gasteiger partial charge in [-0.05, 0) is 28.2 Å². The summed E-state index contributed by atoms with van der Waals surface area (Å²) in [5.74, 6) is -0.442. The Morgan fingerprint density at radius 1 is 1.00 bits per heavy atom. The second kappa shape index (κ2) is 7.06. The predicted octanol–water partition coefficient (Wildman–Crippen LogP) is 3.68. The lowest BCUT2D eigenvalue weighted by atomic mass is 9.98. The molecule has 2 atom stereocenters. The van der Waals surface area contributed by atoms with Crippen LogP contribution in [-0.4, -0.2) is 43.8 Å². The van der Waals surface area contributed by atoms with Crippen LogP contribution in [-0.2, 0) is 14.3 Å². The molecule has 1 heterocycles. The maximum absolute atomic E-state index is 12.6. The molecule has 1 aliphatic carbocycles. The van der Waals surface area contributed by atoms with Crippen LogP contribution in [0, 0.1) is 11.8 Å². The van der Waals surface area contributed by atoms with Crippen molar-refractivity contribution >= 4 is 12.1 Å². The van der Waals surface area contributed by atoms with Crippen LogP contribution >= 0.6 is 0 Å². The molecule has 0 N–H and O–H groups in total. The fraction of sp³-hybridized carbons (Fsp3) is 0.364. The minimum absolute atomic E-state index is 0.0396. The van der Waals surface area contributed by atoms with Crippen LogP contribution in [0.25, 0.3) is 11.1 Å². The normalized spacial score (nSPS) is 20.9. The first-order valence-corrected chi connectivity index (χ1v) is 9.28. The molecular formula is C22H23NO4. The summed E-state index contributed by atoms with van der Waals surface area (Å²) in [6, 6.07) is 16.5. The summed E-state index contributed by atoms with van der Waals surface area (Å²) in [4.78, 5) is 26.0. The molecule has 2 aliphatic rings. The fourth-order valence-corrected chi connectivity index (χ4v) is 4.26. The Morgan fingerprint density at radius 2 is 1.59 bits per heavy atom. The Kier molecular flexibility index (Phi) is 4.60. The average molecular weight is 365 g/mol. The van der Waals surface area contributed by atoms with Crippen LogP contribution in [0.2, 0.25) is 0 Å². The number of ether oxygens (including phenoxy) is 2. The molecule has 1 amide bonds. The van der Waals surface area contributed by atoms with E-state index in [0.29, 0.717) is 19.7 Å². The van der Waals surface area contributed by atoms with Gasteiger partial charge in [0.25, 0.3) is 0 Å². The van der Waals surface area contributed by atoms with E-state index in [0.717, 1.165) is 0 Å². The van der Waals surface area contributed by atoms with Crippen molar-refractivity contribution in [3.63, 3.8) is 0 Å². The van der Waals surface area contributed by atoms with Crippen LogP contribution in [0.15, 0.2) is 48.5 Å². The van der Waals surface area contributed by atoms with Crippen LogP contribution in [0.4, 0.5) is 4.79 Å². The van der Waals surface area contributed by atoms with Gasteiger partial charge in [-0.15, -0.1) is 0 Å². The van der Waals surface area contributed by atoms with E-state index in [4.69, 9.17) is 9.47 Å². The van der Waals surface area contributed by atoms with Crippen molar-refractivity contribution in [3.05, 3.63) is 59.7 Å². The first-order chi connectivity index (χ1) is 13.1. The summed E-state index contributed by atoms with van der Waals surface area (Å²) in [7, 11) is 1.38. The van der Waals surface area contributed by atoms with Gasteiger partial charge in [-0.1, -0.05) is 55.5 Å². The second-order valence-corrected chi connectivity index (χ2v) is 7.32. The number of nitrogens with zero attached hydrogens (tertiary/aromatic N) is 1. The van der Waals surface area contributed by atoms with Crippen molar-refractivity contribution in [2.75, 3.05) is 26.8 Å². The summed E-state index contributed by atoms with van der Waals surface area (Å²) in [6.07, 6.45) is -0.366. The summed E-state index contributed by atoms with van der Waals surface area (Å²) >= 11 is 0. The van der Waals surface area contributed by atoms with Gasteiger partial charge in [-0.2, -0.15) is 0 Å². The first-order valence-electron chi connectivity index (χ1n) is 9.28. The van der Waals surface area contributed by atoms with Crippen molar-refractivity contribution in [2.45, 2.75) is 12.8 Å². The largest absolute Gasteiger partial charge is 0.469 e. The van der Waals surface area contributed by atoms with Gasteiger partial charge >= 0.3 is 12.1 Å². The Bertz CT molecular complexity index is 833. The fourth-order valence-electron chi connectivity index (χ4n) is 4.26. The molecule has 4 rings (SSSR count). The van der Waals surface area contributed by atoms with Gasteiger partial charge in [-0.3, -0.25) is 4.79 Å². The summed E-state index contributed by atoms with van der Waals surface area (Å²) in [6.45, 7) is 3.11. The van der Waals surface area contributed by atoms with E-state index in [2.05, 4.69) is 24.3 Å². The molecule has 27 heavy (non-hydrogen) atoms. The molecule has 0 saturated carbocycles. The zero-order valence-electron chi connectivity index (χ0n) is 15.6. The van der Waals surface area contributed by atoms with Crippen molar-refractivity contribution in [2.24, 2.45) is 11.8 Å². The number of benzene rings is 2. The van der Waals surface area contributed by atoms with Crippen molar-refractivity contribution in [3.8, 4) is 11.1 Å². The molecular weight excluding hydrogens is 342 g/mol. The van der Waals surface area contributed by atoms with E-state index >= 15 is 0 Å². The topological polar surface area (TPSA) is 55.8 Å².